The van der Waals surface area contributed by atoms with Crippen molar-refractivity contribution in [1.82, 2.24) is 15.5 Å². The fourth-order valence-electron chi connectivity index (χ4n) is 7.17. The molecule has 4 aromatic carbocycles. The summed E-state index contributed by atoms with van der Waals surface area (Å²) in [5, 5.41) is 25.2. The van der Waals surface area contributed by atoms with Gasteiger partial charge in [0.25, 0.3) is 0 Å². The third kappa shape index (κ3) is 9.25. The molecule has 0 spiro atoms. The molecule has 2 amide bonds. The molecule has 0 aliphatic carbocycles. The number of carbonyl (C=O) groups excluding carboxylic acids is 2. The molecular weight excluding hydrogens is 658 g/mol. The lowest BCUT2D eigenvalue weighted by Crippen LogP contribution is -2.47. The molecule has 52 heavy (non-hydrogen) atoms. The molecule has 0 saturated carbocycles. The van der Waals surface area contributed by atoms with E-state index in [0.29, 0.717) is 13.0 Å². The van der Waals surface area contributed by atoms with Crippen LogP contribution in [0.5, 0.6) is 0 Å². The van der Waals surface area contributed by atoms with E-state index in [-0.39, 0.29) is 43.9 Å². The van der Waals surface area contributed by atoms with E-state index in [9.17, 15) is 19.8 Å². The molecular formula is C42H49N3O7. The molecule has 0 aromatic heterocycles. The van der Waals surface area contributed by atoms with Gasteiger partial charge in [0.15, 0.2) is 6.29 Å². The molecule has 2 saturated heterocycles. The summed E-state index contributed by atoms with van der Waals surface area (Å²) >= 11 is 0. The van der Waals surface area contributed by atoms with Crippen LogP contribution < -0.4 is 10.6 Å². The van der Waals surface area contributed by atoms with Gasteiger partial charge in [-0.05, 0) is 58.8 Å². The maximum absolute atomic E-state index is 12.8. The highest BCUT2D eigenvalue weighted by atomic mass is 16.7. The van der Waals surface area contributed by atoms with Gasteiger partial charge in [-0.2, -0.15) is 0 Å². The highest BCUT2D eigenvalue weighted by Crippen LogP contribution is 2.42. The van der Waals surface area contributed by atoms with Crippen LogP contribution in [0, 0.1) is 5.92 Å². The zero-order valence-corrected chi connectivity index (χ0v) is 29.8. The number of benzene rings is 4. The minimum atomic E-state index is -0.812. The second-order valence-electron chi connectivity index (χ2n) is 13.7. The fourth-order valence-corrected chi connectivity index (χ4v) is 7.17. The molecule has 274 valence electrons. The molecule has 4 aromatic rings. The monoisotopic (exact) mass is 707 g/mol. The van der Waals surface area contributed by atoms with Crippen molar-refractivity contribution in [3.63, 3.8) is 0 Å². The third-order valence-corrected chi connectivity index (χ3v) is 10.2. The van der Waals surface area contributed by atoms with Crippen molar-refractivity contribution in [2.24, 2.45) is 5.92 Å². The van der Waals surface area contributed by atoms with Crippen molar-refractivity contribution < 1.29 is 34.0 Å². The zero-order valence-electron chi connectivity index (χ0n) is 29.8. The Labute approximate surface area is 305 Å². The number of rotatable bonds is 13. The van der Waals surface area contributed by atoms with Crippen LogP contribution in [0.25, 0.3) is 11.1 Å². The minimum Gasteiger partial charge on any atom is -0.467 e. The van der Waals surface area contributed by atoms with Gasteiger partial charge in [0.05, 0.1) is 32.5 Å². The van der Waals surface area contributed by atoms with E-state index in [1.54, 1.807) is 0 Å². The Bertz CT molecular complexity index is 1750. The van der Waals surface area contributed by atoms with Gasteiger partial charge in [-0.3, -0.25) is 4.90 Å². The Morgan fingerprint density at radius 3 is 2.31 bits per heavy atom. The van der Waals surface area contributed by atoms with Gasteiger partial charge < -0.3 is 35.1 Å². The first kappa shape index (κ1) is 37.2. The molecule has 0 bridgehead atoms. The van der Waals surface area contributed by atoms with Crippen LogP contribution in [0.4, 0.5) is 4.79 Å². The number of amides is 2. The van der Waals surface area contributed by atoms with Crippen LogP contribution in [-0.2, 0) is 38.6 Å². The fraction of sp³-hybridized carbons (Fsp3) is 0.381. The minimum absolute atomic E-state index is 0.0129. The quantitative estimate of drug-likeness (QED) is 0.131. The SMILES string of the molecule is COC(=O)C(Cc1ccccc1)NC(=O)NCc1cccc(-c2ccc(C3OC(CN4CCCC4CO)C(C)C(c4ccc(CO)cc4)O3)cc2)c1. The summed E-state index contributed by atoms with van der Waals surface area (Å²) in [6.45, 7) is 4.21. The number of carbonyl (C=O) groups is 2. The van der Waals surface area contributed by atoms with Crippen molar-refractivity contribution in [2.75, 3.05) is 26.8 Å². The van der Waals surface area contributed by atoms with Gasteiger partial charge in [0.1, 0.15) is 6.04 Å². The van der Waals surface area contributed by atoms with E-state index in [2.05, 4.69) is 22.5 Å². The number of aliphatic hydroxyl groups excluding tert-OH is 2. The van der Waals surface area contributed by atoms with Gasteiger partial charge in [-0.1, -0.05) is 104 Å². The Kier molecular flexibility index (Phi) is 12.7. The number of nitrogens with one attached hydrogen (secondary N) is 2. The van der Waals surface area contributed by atoms with E-state index in [0.717, 1.165) is 58.3 Å². The number of likely N-dealkylation sites (tertiary alicyclic amines) is 1. The molecule has 6 rings (SSSR count). The smallest absolute Gasteiger partial charge is 0.328 e. The Balaban J connectivity index is 1.12. The second kappa shape index (κ2) is 17.8. The van der Waals surface area contributed by atoms with Gasteiger partial charge in [0, 0.05) is 37.0 Å². The normalized spacial score (nSPS) is 22.4. The standard InChI is InChI=1S/C42H49N3O7/c1-28-38(25-45-21-7-12-36(45)27-47)51-41(52-39(28)33-15-13-30(26-46)14-16-33)34-19-17-32(18-20-34)35-11-6-10-31(22-35)24-43-42(49)44-37(40(48)50-2)23-29-8-4-3-5-9-29/h3-6,8-11,13-20,22,28,36-39,41,46-47H,7,12,21,23-27H2,1-2H3,(H2,43,44,49). The van der Waals surface area contributed by atoms with Crippen LogP contribution in [0.1, 0.15) is 60.0 Å². The molecule has 2 heterocycles. The highest BCUT2D eigenvalue weighted by Gasteiger charge is 2.40. The van der Waals surface area contributed by atoms with Crippen LogP contribution in [0.15, 0.2) is 103 Å². The first-order valence-electron chi connectivity index (χ1n) is 18.1. The zero-order chi connectivity index (χ0) is 36.5. The van der Waals surface area contributed by atoms with E-state index in [1.165, 1.54) is 7.11 Å². The third-order valence-electron chi connectivity index (χ3n) is 10.2. The molecule has 2 fully saturated rings. The first-order valence-corrected chi connectivity index (χ1v) is 18.1. The molecule has 6 unspecified atom stereocenters. The molecule has 10 nitrogen and oxygen atoms in total. The van der Waals surface area contributed by atoms with Gasteiger partial charge in [-0.25, -0.2) is 9.59 Å². The van der Waals surface area contributed by atoms with E-state index in [4.69, 9.17) is 14.2 Å². The number of nitrogens with zero attached hydrogens (tertiary/aromatic N) is 1. The highest BCUT2D eigenvalue weighted by molar-refractivity contribution is 5.83. The summed E-state index contributed by atoms with van der Waals surface area (Å²) in [5.41, 5.74) is 6.61. The topological polar surface area (TPSA) is 130 Å². The summed E-state index contributed by atoms with van der Waals surface area (Å²) in [6.07, 6.45) is 1.46. The number of urea groups is 1. The number of hydrogen-bond acceptors (Lipinski definition) is 8. The molecule has 4 N–H and O–H groups in total. The number of aliphatic hydroxyl groups is 2. The first-order chi connectivity index (χ1) is 25.3. The summed E-state index contributed by atoms with van der Waals surface area (Å²) in [6, 6.07) is 32.4. The summed E-state index contributed by atoms with van der Waals surface area (Å²) in [5.74, 6) is -0.447. The van der Waals surface area contributed by atoms with Crippen LogP contribution in [-0.4, -0.2) is 72.1 Å². The summed E-state index contributed by atoms with van der Waals surface area (Å²) < 4.78 is 18.3. The second-order valence-corrected chi connectivity index (χ2v) is 13.7. The van der Waals surface area contributed by atoms with E-state index >= 15 is 0 Å². The number of methoxy groups -OCH3 is 1. The van der Waals surface area contributed by atoms with E-state index in [1.807, 2.05) is 103 Å². The largest absolute Gasteiger partial charge is 0.467 e. The van der Waals surface area contributed by atoms with Crippen molar-refractivity contribution >= 4 is 12.0 Å². The molecule has 0 radical (unpaired) electrons. The molecule has 2 aliphatic heterocycles. The van der Waals surface area contributed by atoms with Gasteiger partial charge >= 0.3 is 12.0 Å². The average molecular weight is 708 g/mol. The molecule has 2 aliphatic rings. The van der Waals surface area contributed by atoms with Gasteiger partial charge in [0.2, 0.25) is 0 Å². The van der Waals surface area contributed by atoms with Crippen LogP contribution in [0.2, 0.25) is 0 Å². The molecule has 10 heteroatoms. The number of ether oxygens (including phenoxy) is 3. The van der Waals surface area contributed by atoms with Crippen molar-refractivity contribution in [2.45, 2.75) is 69.9 Å². The summed E-state index contributed by atoms with van der Waals surface area (Å²) in [4.78, 5) is 27.5. The molecule has 6 atom stereocenters. The van der Waals surface area contributed by atoms with Crippen molar-refractivity contribution in [1.29, 1.82) is 0 Å². The van der Waals surface area contributed by atoms with E-state index < -0.39 is 24.3 Å². The predicted molar refractivity (Wildman–Crippen MR) is 198 cm³/mol. The maximum atomic E-state index is 12.8. The Morgan fingerprint density at radius 2 is 1.60 bits per heavy atom. The predicted octanol–water partition coefficient (Wildman–Crippen LogP) is 5.68. The summed E-state index contributed by atoms with van der Waals surface area (Å²) in [7, 11) is 1.31. The Hall–Kier alpha value is -4.58. The Morgan fingerprint density at radius 1 is 0.865 bits per heavy atom. The number of hydrogen-bond donors (Lipinski definition) is 4. The number of esters is 1. The lowest BCUT2D eigenvalue weighted by Gasteiger charge is -2.43. The lowest BCUT2D eigenvalue weighted by molar-refractivity contribution is -0.276. The van der Waals surface area contributed by atoms with Crippen molar-refractivity contribution in [3.8, 4) is 11.1 Å². The van der Waals surface area contributed by atoms with Crippen molar-refractivity contribution in [3.05, 3.63) is 131 Å². The van der Waals surface area contributed by atoms with Gasteiger partial charge in [-0.15, -0.1) is 0 Å². The van der Waals surface area contributed by atoms with Crippen LogP contribution >= 0.6 is 0 Å². The maximum Gasteiger partial charge on any atom is 0.328 e. The van der Waals surface area contributed by atoms with Crippen LogP contribution in [0.3, 0.4) is 0 Å². The average Bonchev–Trinajstić information content (AvgIpc) is 3.65. The lowest BCUT2D eigenvalue weighted by atomic mass is 9.89.